The molecule has 0 spiro atoms. The molecule has 0 aromatic carbocycles. The monoisotopic (exact) mass is 221 g/mol. The molecule has 1 aromatic heterocycles. The number of nitrogens with zero attached hydrogens (tertiary/aromatic N) is 2. The molecule has 1 saturated carbocycles. The number of aryl methyl sites for hydroxylation is 1. The van der Waals surface area contributed by atoms with Crippen LogP contribution in [0.1, 0.15) is 31.7 Å². The number of rotatable bonds is 5. The molecule has 1 heterocycles. The molecule has 0 saturated heterocycles. The molecule has 1 unspecified atom stereocenters. The zero-order valence-corrected chi connectivity index (χ0v) is 9.83. The Morgan fingerprint density at radius 3 is 2.94 bits per heavy atom. The molecule has 0 bridgehead atoms. The Bertz CT molecular complexity index is 361. The second-order valence-corrected chi connectivity index (χ2v) is 4.59. The second kappa shape index (κ2) is 4.65. The summed E-state index contributed by atoms with van der Waals surface area (Å²) in [5.41, 5.74) is 3.50. The van der Waals surface area contributed by atoms with Gasteiger partial charge >= 0.3 is 0 Å². The van der Waals surface area contributed by atoms with Crippen molar-refractivity contribution in [3.05, 3.63) is 11.8 Å². The third-order valence-electron chi connectivity index (χ3n) is 2.87. The zero-order chi connectivity index (χ0) is 11.5. The first-order valence-corrected chi connectivity index (χ1v) is 5.76. The van der Waals surface area contributed by atoms with Crippen LogP contribution in [0.5, 0.6) is 0 Å². The third kappa shape index (κ3) is 2.82. The second-order valence-electron chi connectivity index (χ2n) is 4.59. The van der Waals surface area contributed by atoms with Crippen LogP contribution in [0.4, 0.5) is 11.8 Å². The molecule has 5 heteroatoms. The summed E-state index contributed by atoms with van der Waals surface area (Å²) in [5.74, 6) is 7.52. The average Bonchev–Trinajstić information content (AvgIpc) is 3.05. The van der Waals surface area contributed by atoms with Gasteiger partial charge in [0.15, 0.2) is 0 Å². The Kier molecular flexibility index (Phi) is 3.24. The Morgan fingerprint density at radius 1 is 1.56 bits per heavy atom. The van der Waals surface area contributed by atoms with E-state index in [1.807, 2.05) is 6.92 Å². The topological polar surface area (TPSA) is 75.9 Å². The predicted octanol–water partition coefficient (Wildman–Crippen LogP) is 1.67. The summed E-state index contributed by atoms with van der Waals surface area (Å²) in [5, 5.41) is 3.41. The number of hydrogen-bond donors (Lipinski definition) is 3. The van der Waals surface area contributed by atoms with E-state index in [1.54, 1.807) is 6.20 Å². The van der Waals surface area contributed by atoms with Crippen molar-refractivity contribution < 1.29 is 0 Å². The van der Waals surface area contributed by atoms with E-state index in [2.05, 4.69) is 27.6 Å². The van der Waals surface area contributed by atoms with Gasteiger partial charge < -0.3 is 5.32 Å². The number of nitrogens with one attached hydrogen (secondary N) is 2. The van der Waals surface area contributed by atoms with Crippen molar-refractivity contribution >= 4 is 11.8 Å². The largest absolute Gasteiger partial charge is 0.367 e. The molecule has 0 amide bonds. The van der Waals surface area contributed by atoms with Crippen molar-refractivity contribution in [2.45, 2.75) is 39.2 Å². The molecule has 0 aliphatic heterocycles. The number of nitrogens with two attached hydrogens (primary N) is 1. The van der Waals surface area contributed by atoms with E-state index in [9.17, 15) is 0 Å². The Morgan fingerprint density at radius 2 is 2.31 bits per heavy atom. The van der Waals surface area contributed by atoms with Crippen LogP contribution < -0.4 is 16.6 Å². The molecule has 1 aliphatic carbocycles. The molecule has 16 heavy (non-hydrogen) atoms. The highest BCUT2D eigenvalue weighted by atomic mass is 15.3. The van der Waals surface area contributed by atoms with Crippen molar-refractivity contribution in [3.8, 4) is 0 Å². The third-order valence-corrected chi connectivity index (χ3v) is 2.87. The lowest BCUT2D eigenvalue weighted by molar-refractivity contribution is 0.639. The maximum Gasteiger partial charge on any atom is 0.239 e. The lowest BCUT2D eigenvalue weighted by atomic mass is 10.1. The van der Waals surface area contributed by atoms with Gasteiger partial charge in [-0.2, -0.15) is 4.98 Å². The summed E-state index contributed by atoms with van der Waals surface area (Å²) >= 11 is 0. The highest BCUT2D eigenvalue weighted by Gasteiger charge is 2.23. The molecule has 88 valence electrons. The number of hydrazine groups is 1. The Labute approximate surface area is 95.8 Å². The van der Waals surface area contributed by atoms with Crippen LogP contribution in [-0.2, 0) is 0 Å². The average molecular weight is 221 g/mol. The summed E-state index contributed by atoms with van der Waals surface area (Å²) in [7, 11) is 0. The van der Waals surface area contributed by atoms with Crippen molar-refractivity contribution in [3.63, 3.8) is 0 Å². The van der Waals surface area contributed by atoms with E-state index >= 15 is 0 Å². The van der Waals surface area contributed by atoms with Gasteiger partial charge in [0, 0.05) is 17.8 Å². The van der Waals surface area contributed by atoms with E-state index in [-0.39, 0.29) is 0 Å². The van der Waals surface area contributed by atoms with Gasteiger partial charge in [0.1, 0.15) is 5.82 Å². The quantitative estimate of drug-likeness (QED) is 0.521. The molecule has 2 rings (SSSR count). The minimum Gasteiger partial charge on any atom is -0.367 e. The molecule has 1 aliphatic rings. The summed E-state index contributed by atoms with van der Waals surface area (Å²) in [6, 6.07) is 0.451. The maximum atomic E-state index is 5.29. The highest BCUT2D eigenvalue weighted by Crippen LogP contribution is 2.34. The smallest absolute Gasteiger partial charge is 0.239 e. The van der Waals surface area contributed by atoms with Crippen LogP contribution in [0.2, 0.25) is 0 Å². The lowest BCUT2D eigenvalue weighted by Gasteiger charge is -2.16. The zero-order valence-electron chi connectivity index (χ0n) is 9.83. The van der Waals surface area contributed by atoms with Crippen LogP contribution in [0.15, 0.2) is 6.20 Å². The maximum absolute atomic E-state index is 5.29. The predicted molar refractivity (Wildman–Crippen MR) is 65.0 cm³/mol. The molecule has 1 atom stereocenters. The van der Waals surface area contributed by atoms with Gasteiger partial charge in [0.25, 0.3) is 0 Å². The number of anilines is 2. The molecule has 1 aromatic rings. The molecular formula is C11H19N5. The van der Waals surface area contributed by atoms with Gasteiger partial charge in [-0.05, 0) is 26.2 Å². The lowest BCUT2D eigenvalue weighted by Crippen LogP contribution is -2.19. The van der Waals surface area contributed by atoms with Crippen LogP contribution in [0.3, 0.4) is 0 Å². The van der Waals surface area contributed by atoms with Crippen LogP contribution in [-0.4, -0.2) is 16.0 Å². The van der Waals surface area contributed by atoms with E-state index in [0.29, 0.717) is 12.0 Å². The highest BCUT2D eigenvalue weighted by molar-refractivity contribution is 5.46. The number of hydrogen-bond acceptors (Lipinski definition) is 5. The van der Waals surface area contributed by atoms with Gasteiger partial charge in [0.05, 0.1) is 0 Å². The van der Waals surface area contributed by atoms with Crippen molar-refractivity contribution in [1.82, 2.24) is 9.97 Å². The van der Waals surface area contributed by atoms with Crippen molar-refractivity contribution in [1.29, 1.82) is 0 Å². The molecule has 4 N–H and O–H groups in total. The summed E-state index contributed by atoms with van der Waals surface area (Å²) in [6.45, 7) is 4.18. The number of nitrogen functional groups attached to an aromatic ring is 1. The van der Waals surface area contributed by atoms with Crippen molar-refractivity contribution in [2.75, 3.05) is 10.7 Å². The van der Waals surface area contributed by atoms with E-state index in [0.717, 1.165) is 17.3 Å². The summed E-state index contributed by atoms with van der Waals surface area (Å²) in [6.07, 6.45) is 5.75. The molecule has 0 radical (unpaired) electrons. The summed E-state index contributed by atoms with van der Waals surface area (Å²) in [4.78, 5) is 8.35. The van der Waals surface area contributed by atoms with Gasteiger partial charge in [-0.15, -0.1) is 0 Å². The van der Waals surface area contributed by atoms with Gasteiger partial charge in [-0.25, -0.2) is 10.8 Å². The van der Waals surface area contributed by atoms with Gasteiger partial charge in [-0.1, -0.05) is 12.8 Å². The fourth-order valence-electron chi connectivity index (χ4n) is 1.80. The van der Waals surface area contributed by atoms with E-state index < -0.39 is 0 Å². The minimum absolute atomic E-state index is 0.451. The van der Waals surface area contributed by atoms with Crippen LogP contribution in [0.25, 0.3) is 0 Å². The first-order chi connectivity index (χ1) is 7.69. The fourth-order valence-corrected chi connectivity index (χ4v) is 1.80. The number of aromatic nitrogens is 2. The molecule has 5 nitrogen and oxygen atoms in total. The van der Waals surface area contributed by atoms with Crippen LogP contribution >= 0.6 is 0 Å². The normalized spacial score (nSPS) is 16.9. The van der Waals surface area contributed by atoms with Crippen molar-refractivity contribution in [2.24, 2.45) is 11.8 Å². The minimum atomic E-state index is 0.451. The van der Waals surface area contributed by atoms with E-state index in [4.69, 9.17) is 5.84 Å². The Balaban J connectivity index is 2.00. The Hall–Kier alpha value is -1.36. The van der Waals surface area contributed by atoms with E-state index in [1.165, 1.54) is 19.3 Å². The van der Waals surface area contributed by atoms with Gasteiger partial charge in [-0.3, -0.25) is 5.43 Å². The first kappa shape index (κ1) is 11.1. The molecule has 1 fully saturated rings. The standard InChI is InChI=1S/C11H19N5/c1-7-6-13-11(16-12)15-10(7)14-8(2)5-9-3-4-9/h6,8-9H,3-5,12H2,1-2H3,(H2,13,14,15,16). The SMILES string of the molecule is Cc1cnc(NN)nc1NC(C)CC1CC1. The van der Waals surface area contributed by atoms with Crippen LogP contribution in [0, 0.1) is 12.8 Å². The van der Waals surface area contributed by atoms with Gasteiger partial charge in [0.2, 0.25) is 5.95 Å². The summed E-state index contributed by atoms with van der Waals surface area (Å²) < 4.78 is 0. The first-order valence-electron chi connectivity index (χ1n) is 5.76. The fraction of sp³-hybridized carbons (Fsp3) is 0.636. The molecular weight excluding hydrogens is 202 g/mol.